The summed E-state index contributed by atoms with van der Waals surface area (Å²) in [5, 5.41) is 0.667. The van der Waals surface area contributed by atoms with Crippen LogP contribution in [0.1, 0.15) is 42.1 Å². The van der Waals surface area contributed by atoms with Gasteiger partial charge in [-0.1, -0.05) is 30.4 Å². The van der Waals surface area contributed by atoms with Crippen molar-refractivity contribution in [2.45, 2.75) is 38.0 Å². The number of carbonyl (C=O) groups excluding carboxylic acids is 1. The summed E-state index contributed by atoms with van der Waals surface area (Å²) < 4.78 is 34.4. The molecule has 0 N–H and O–H groups in total. The van der Waals surface area contributed by atoms with E-state index in [1.807, 2.05) is 25.1 Å². The van der Waals surface area contributed by atoms with Gasteiger partial charge in [0.1, 0.15) is 0 Å². The molecular formula is C28H36N4O4S2. The molecule has 3 aromatic rings. The molecule has 5 rings (SSSR count). The Morgan fingerprint density at radius 2 is 1.79 bits per heavy atom. The Bertz CT molecular complexity index is 1360. The molecule has 1 amide bonds. The SMILES string of the molecule is Cc1cccc2sc(N(CCCN3CCOCC3)C(=O)c3ccc(S(=O)(=O)N4CCC(C)CC4)cc3)nc12. The molecule has 10 heteroatoms. The van der Waals surface area contributed by atoms with Crippen molar-refractivity contribution in [2.75, 3.05) is 57.4 Å². The fraction of sp³-hybridized carbons (Fsp3) is 0.500. The third-order valence-electron chi connectivity index (χ3n) is 7.53. The van der Waals surface area contributed by atoms with E-state index >= 15 is 0 Å². The third-order valence-corrected chi connectivity index (χ3v) is 10.5. The van der Waals surface area contributed by atoms with E-state index in [1.54, 1.807) is 33.5 Å². The number of ether oxygens (including phenoxy) is 1. The molecule has 0 saturated carbocycles. The van der Waals surface area contributed by atoms with Gasteiger partial charge in [-0.05, 0) is 68.0 Å². The molecule has 2 aliphatic heterocycles. The summed E-state index contributed by atoms with van der Waals surface area (Å²) in [6.07, 6.45) is 2.55. The average Bonchev–Trinajstić information content (AvgIpc) is 3.37. The molecule has 0 unspecified atom stereocenters. The number of piperidine rings is 1. The number of benzene rings is 2. The Labute approximate surface area is 229 Å². The van der Waals surface area contributed by atoms with Crippen molar-refractivity contribution < 1.29 is 17.9 Å². The molecule has 1 aromatic heterocycles. The fourth-order valence-corrected chi connectivity index (χ4v) is 7.59. The number of hydrogen-bond acceptors (Lipinski definition) is 7. The van der Waals surface area contributed by atoms with E-state index in [-0.39, 0.29) is 10.8 Å². The van der Waals surface area contributed by atoms with Gasteiger partial charge in [0.15, 0.2) is 5.13 Å². The van der Waals surface area contributed by atoms with Crippen LogP contribution in [0.25, 0.3) is 10.2 Å². The van der Waals surface area contributed by atoms with Crippen molar-refractivity contribution in [3.8, 4) is 0 Å². The van der Waals surface area contributed by atoms with E-state index in [0.29, 0.717) is 36.2 Å². The van der Waals surface area contributed by atoms with Gasteiger partial charge in [-0.2, -0.15) is 4.31 Å². The molecule has 2 saturated heterocycles. The smallest absolute Gasteiger partial charge is 0.260 e. The summed E-state index contributed by atoms with van der Waals surface area (Å²) in [7, 11) is -3.57. The van der Waals surface area contributed by atoms with E-state index < -0.39 is 10.0 Å². The van der Waals surface area contributed by atoms with Crippen LogP contribution in [-0.2, 0) is 14.8 Å². The number of hydrogen-bond donors (Lipinski definition) is 0. The highest BCUT2D eigenvalue weighted by Crippen LogP contribution is 2.32. The highest BCUT2D eigenvalue weighted by molar-refractivity contribution is 7.89. The van der Waals surface area contributed by atoms with Gasteiger partial charge < -0.3 is 4.74 Å². The van der Waals surface area contributed by atoms with Gasteiger partial charge in [0.05, 0.1) is 28.3 Å². The lowest BCUT2D eigenvalue weighted by Crippen LogP contribution is -2.39. The standard InChI is InChI=1S/C28H36N4O4S2/c1-21-11-15-31(16-12-21)38(34,35)24-9-7-23(8-10-24)27(33)32(14-4-13-30-17-19-36-20-18-30)28-29-26-22(2)5-3-6-25(26)37-28/h3,5-10,21H,4,11-20H2,1-2H3. The van der Waals surface area contributed by atoms with Crippen molar-refractivity contribution in [2.24, 2.45) is 5.92 Å². The first-order chi connectivity index (χ1) is 18.3. The lowest BCUT2D eigenvalue weighted by Gasteiger charge is -2.29. The normalized spacial score (nSPS) is 18.2. The Balaban J connectivity index is 1.36. The second-order valence-electron chi connectivity index (χ2n) is 10.3. The summed E-state index contributed by atoms with van der Waals surface area (Å²) in [5.41, 5.74) is 2.45. The van der Waals surface area contributed by atoms with Crippen molar-refractivity contribution in [3.05, 3.63) is 53.6 Å². The molecule has 8 nitrogen and oxygen atoms in total. The van der Waals surface area contributed by atoms with Gasteiger partial charge in [-0.15, -0.1) is 0 Å². The number of aromatic nitrogens is 1. The number of morpholine rings is 1. The van der Waals surface area contributed by atoms with Crippen LogP contribution in [0.5, 0.6) is 0 Å². The lowest BCUT2D eigenvalue weighted by molar-refractivity contribution is 0.0376. The molecular weight excluding hydrogens is 520 g/mol. The zero-order valence-corrected chi connectivity index (χ0v) is 23.8. The Morgan fingerprint density at radius 3 is 2.47 bits per heavy atom. The number of fused-ring (bicyclic) bond motifs is 1. The number of carbonyl (C=O) groups is 1. The van der Waals surface area contributed by atoms with E-state index in [0.717, 1.165) is 67.9 Å². The number of para-hydroxylation sites is 1. The first-order valence-electron chi connectivity index (χ1n) is 13.4. The number of nitrogens with zero attached hydrogens (tertiary/aromatic N) is 4. The van der Waals surface area contributed by atoms with Gasteiger partial charge in [0.25, 0.3) is 5.91 Å². The number of sulfonamides is 1. The predicted octanol–water partition coefficient (Wildman–Crippen LogP) is 4.39. The first-order valence-corrected chi connectivity index (χ1v) is 15.7. The molecule has 2 fully saturated rings. The van der Waals surface area contributed by atoms with Crippen LogP contribution in [0.2, 0.25) is 0 Å². The van der Waals surface area contributed by atoms with Crippen LogP contribution in [0, 0.1) is 12.8 Å². The van der Waals surface area contributed by atoms with Gasteiger partial charge in [0, 0.05) is 44.8 Å². The minimum absolute atomic E-state index is 0.167. The maximum Gasteiger partial charge on any atom is 0.260 e. The number of thiazole rings is 1. The van der Waals surface area contributed by atoms with Crippen LogP contribution < -0.4 is 4.90 Å². The molecule has 2 aromatic carbocycles. The number of amides is 1. The van der Waals surface area contributed by atoms with Gasteiger partial charge >= 0.3 is 0 Å². The largest absolute Gasteiger partial charge is 0.379 e. The van der Waals surface area contributed by atoms with Crippen molar-refractivity contribution >= 4 is 42.6 Å². The molecule has 0 bridgehead atoms. The molecule has 204 valence electrons. The quantitative estimate of drug-likeness (QED) is 0.409. The topological polar surface area (TPSA) is 83.0 Å². The van der Waals surface area contributed by atoms with Crippen molar-refractivity contribution in [3.63, 3.8) is 0 Å². The second kappa shape index (κ2) is 11.8. The zero-order chi connectivity index (χ0) is 26.7. The summed E-state index contributed by atoms with van der Waals surface area (Å²) in [6.45, 7) is 9.96. The number of aryl methyl sites for hydroxylation is 1. The molecule has 2 aliphatic rings. The van der Waals surface area contributed by atoms with Crippen LogP contribution >= 0.6 is 11.3 Å². The lowest BCUT2D eigenvalue weighted by atomic mass is 10.0. The highest BCUT2D eigenvalue weighted by Gasteiger charge is 2.29. The van der Waals surface area contributed by atoms with Gasteiger partial charge in [-0.3, -0.25) is 14.6 Å². The zero-order valence-electron chi connectivity index (χ0n) is 22.1. The van der Waals surface area contributed by atoms with Crippen molar-refractivity contribution in [1.82, 2.24) is 14.2 Å². The summed E-state index contributed by atoms with van der Waals surface area (Å²) in [4.78, 5) is 23.0. The average molecular weight is 557 g/mol. The van der Waals surface area contributed by atoms with Gasteiger partial charge in [0.2, 0.25) is 10.0 Å². The molecule has 38 heavy (non-hydrogen) atoms. The van der Waals surface area contributed by atoms with E-state index in [1.165, 1.54) is 11.3 Å². The van der Waals surface area contributed by atoms with Gasteiger partial charge in [-0.25, -0.2) is 13.4 Å². The molecule has 0 radical (unpaired) electrons. The van der Waals surface area contributed by atoms with E-state index in [2.05, 4.69) is 11.8 Å². The first kappa shape index (κ1) is 27.2. The number of rotatable bonds is 8. The third kappa shape index (κ3) is 5.94. The Kier molecular flexibility index (Phi) is 8.44. The predicted molar refractivity (Wildman–Crippen MR) is 152 cm³/mol. The maximum atomic E-state index is 13.8. The Morgan fingerprint density at radius 1 is 1.08 bits per heavy atom. The maximum absolute atomic E-state index is 13.8. The van der Waals surface area contributed by atoms with Crippen LogP contribution in [-0.4, -0.2) is 81.0 Å². The second-order valence-corrected chi connectivity index (χ2v) is 13.2. The number of anilines is 1. The summed E-state index contributed by atoms with van der Waals surface area (Å²) in [6, 6.07) is 12.5. The molecule has 0 aliphatic carbocycles. The molecule has 0 spiro atoms. The summed E-state index contributed by atoms with van der Waals surface area (Å²) in [5.74, 6) is 0.376. The van der Waals surface area contributed by atoms with E-state index in [4.69, 9.17) is 9.72 Å². The Hall–Kier alpha value is -2.37. The molecule has 3 heterocycles. The van der Waals surface area contributed by atoms with Crippen molar-refractivity contribution in [1.29, 1.82) is 0 Å². The van der Waals surface area contributed by atoms with Crippen LogP contribution in [0.15, 0.2) is 47.4 Å². The van der Waals surface area contributed by atoms with Crippen LogP contribution in [0.3, 0.4) is 0 Å². The fourth-order valence-electron chi connectivity index (χ4n) is 5.05. The monoisotopic (exact) mass is 556 g/mol. The minimum Gasteiger partial charge on any atom is -0.379 e. The highest BCUT2D eigenvalue weighted by atomic mass is 32.2. The van der Waals surface area contributed by atoms with Crippen LogP contribution in [0.4, 0.5) is 5.13 Å². The summed E-state index contributed by atoms with van der Waals surface area (Å²) >= 11 is 1.51. The van der Waals surface area contributed by atoms with E-state index in [9.17, 15) is 13.2 Å². The molecule has 0 atom stereocenters. The minimum atomic E-state index is -3.57.